The molecular formula is C12H7N4NaO7S. The molecule has 0 amide bonds. The van der Waals surface area contributed by atoms with E-state index < -0.39 is 30.5 Å². The molecule has 2 aromatic carbocycles. The molecule has 124 valence electrons. The van der Waals surface area contributed by atoms with E-state index in [0.29, 0.717) is 6.07 Å². The Labute approximate surface area is 162 Å². The van der Waals surface area contributed by atoms with Gasteiger partial charge >= 0.3 is 29.6 Å². The molecule has 0 fully saturated rings. The van der Waals surface area contributed by atoms with Crippen molar-refractivity contribution in [3.8, 4) is 0 Å². The number of hydrogen-bond donors (Lipinski definition) is 0. The van der Waals surface area contributed by atoms with Crippen LogP contribution in [0.25, 0.3) is 0 Å². The summed E-state index contributed by atoms with van der Waals surface area (Å²) >= 11 is 0. The molecule has 0 saturated heterocycles. The normalized spacial score (nSPS) is 11.1. The van der Waals surface area contributed by atoms with Crippen LogP contribution in [-0.2, 0) is 10.1 Å². The molecule has 0 aliphatic rings. The number of nitrogens with zero attached hydrogens (tertiary/aromatic N) is 4. The second-order valence-electron chi connectivity index (χ2n) is 4.34. The number of benzene rings is 2. The van der Waals surface area contributed by atoms with Crippen molar-refractivity contribution in [2.75, 3.05) is 0 Å². The average molecular weight is 374 g/mol. The van der Waals surface area contributed by atoms with E-state index in [0.717, 1.165) is 24.3 Å². The minimum Gasteiger partial charge on any atom is -0.744 e. The van der Waals surface area contributed by atoms with Crippen molar-refractivity contribution < 1.29 is 52.4 Å². The summed E-state index contributed by atoms with van der Waals surface area (Å²) in [5, 5.41) is 28.4. The maximum atomic E-state index is 11.2. The van der Waals surface area contributed by atoms with Gasteiger partial charge in [-0.05, 0) is 18.2 Å². The summed E-state index contributed by atoms with van der Waals surface area (Å²) < 4.78 is 33.6. The molecule has 0 aliphatic carbocycles. The fourth-order valence-corrected chi connectivity index (χ4v) is 2.28. The molecule has 2 aromatic rings. The molecule has 11 nitrogen and oxygen atoms in total. The van der Waals surface area contributed by atoms with Crippen LogP contribution in [0.1, 0.15) is 0 Å². The van der Waals surface area contributed by atoms with E-state index in [9.17, 15) is 33.2 Å². The summed E-state index contributed by atoms with van der Waals surface area (Å²) in [7, 11) is -5.01. The van der Waals surface area contributed by atoms with Crippen molar-refractivity contribution in [3.63, 3.8) is 0 Å². The summed E-state index contributed by atoms with van der Waals surface area (Å²) in [6.07, 6.45) is 0. The van der Waals surface area contributed by atoms with E-state index in [2.05, 4.69) is 10.2 Å². The predicted octanol–water partition coefficient (Wildman–Crippen LogP) is -0.173. The second kappa shape index (κ2) is 8.22. The summed E-state index contributed by atoms with van der Waals surface area (Å²) in [6, 6.07) is 7.38. The number of nitro groups is 2. The van der Waals surface area contributed by atoms with Gasteiger partial charge in [0.25, 0.3) is 11.4 Å². The first kappa shape index (κ1) is 20.8. The number of azo groups is 1. The van der Waals surface area contributed by atoms with Crippen molar-refractivity contribution in [1.82, 2.24) is 0 Å². The quantitative estimate of drug-likeness (QED) is 0.230. The molecule has 13 heteroatoms. The SMILES string of the molecule is O=[N+]([O-])c1ccc(/N=N/c2ccc([N+](=O)[O-])cc2S(=O)(=O)[O-])cc1.[Na+]. The van der Waals surface area contributed by atoms with Gasteiger partial charge in [-0.2, -0.15) is 5.11 Å². The van der Waals surface area contributed by atoms with E-state index in [-0.39, 0.29) is 46.6 Å². The minimum absolute atomic E-state index is 0. The van der Waals surface area contributed by atoms with Crippen LogP contribution in [0, 0.1) is 20.2 Å². The van der Waals surface area contributed by atoms with Crippen molar-refractivity contribution in [2.24, 2.45) is 10.2 Å². The molecule has 0 spiro atoms. The summed E-state index contributed by atoms with van der Waals surface area (Å²) in [5.74, 6) is 0. The predicted molar refractivity (Wildman–Crippen MR) is 78.3 cm³/mol. The van der Waals surface area contributed by atoms with Gasteiger partial charge in [0.15, 0.2) is 0 Å². The number of rotatable bonds is 5. The third kappa shape index (κ3) is 5.37. The average Bonchev–Trinajstić information content (AvgIpc) is 2.52. The second-order valence-corrected chi connectivity index (χ2v) is 5.68. The molecule has 0 aliphatic heterocycles. The monoisotopic (exact) mass is 374 g/mol. The molecule has 0 atom stereocenters. The fourth-order valence-electron chi connectivity index (χ4n) is 1.65. The van der Waals surface area contributed by atoms with Crippen molar-refractivity contribution in [1.29, 1.82) is 0 Å². The number of non-ortho nitro benzene ring substituents is 2. The topological polar surface area (TPSA) is 168 Å². The van der Waals surface area contributed by atoms with Crippen LogP contribution in [0.15, 0.2) is 57.6 Å². The standard InChI is InChI=1S/C12H8N4O7S.Na/c17-15(18)9-3-1-8(2-4-9)13-14-11-6-5-10(16(19)20)7-12(11)24(21,22)23;/h1-7H,(H,21,22,23);/q;+1/p-1/b14-13+;. The van der Waals surface area contributed by atoms with Crippen molar-refractivity contribution in [2.45, 2.75) is 4.90 Å². The Morgan fingerprint density at radius 1 is 0.840 bits per heavy atom. The summed E-state index contributed by atoms with van der Waals surface area (Å²) in [5.41, 5.74) is -0.979. The molecule has 0 radical (unpaired) electrons. The first-order valence-electron chi connectivity index (χ1n) is 6.09. The van der Waals surface area contributed by atoms with Crippen LogP contribution in [0.2, 0.25) is 0 Å². The molecular weight excluding hydrogens is 367 g/mol. The molecule has 0 heterocycles. The third-order valence-electron chi connectivity index (χ3n) is 2.76. The number of nitro benzene ring substituents is 2. The molecule has 0 saturated carbocycles. The van der Waals surface area contributed by atoms with Crippen LogP contribution in [0.5, 0.6) is 0 Å². The van der Waals surface area contributed by atoms with Gasteiger partial charge in [-0.25, -0.2) is 8.42 Å². The molecule has 2 rings (SSSR count). The van der Waals surface area contributed by atoms with E-state index >= 15 is 0 Å². The van der Waals surface area contributed by atoms with Gasteiger partial charge in [0.1, 0.15) is 15.8 Å². The van der Waals surface area contributed by atoms with Crippen molar-refractivity contribution in [3.05, 3.63) is 62.7 Å². The Kier molecular flexibility index (Phi) is 6.84. The maximum absolute atomic E-state index is 11.2. The van der Waals surface area contributed by atoms with Crippen LogP contribution < -0.4 is 29.6 Å². The first-order chi connectivity index (χ1) is 11.2. The minimum atomic E-state index is -5.01. The zero-order valence-electron chi connectivity index (χ0n) is 12.6. The van der Waals surface area contributed by atoms with Crippen molar-refractivity contribution >= 4 is 32.9 Å². The Hall–Kier alpha value is -2.25. The van der Waals surface area contributed by atoms with E-state index in [1.807, 2.05) is 0 Å². The molecule has 0 N–H and O–H groups in total. The van der Waals surface area contributed by atoms with Crippen LogP contribution in [-0.4, -0.2) is 22.8 Å². The summed E-state index contributed by atoms with van der Waals surface area (Å²) in [6.45, 7) is 0. The van der Waals surface area contributed by atoms with Crippen LogP contribution >= 0.6 is 0 Å². The Morgan fingerprint density at radius 2 is 1.36 bits per heavy atom. The van der Waals surface area contributed by atoms with Gasteiger partial charge in [0, 0.05) is 24.3 Å². The zero-order chi connectivity index (χ0) is 17.9. The van der Waals surface area contributed by atoms with Gasteiger partial charge in [-0.3, -0.25) is 20.2 Å². The van der Waals surface area contributed by atoms with E-state index in [1.54, 1.807) is 0 Å². The van der Waals surface area contributed by atoms with E-state index in [1.165, 1.54) is 12.1 Å². The van der Waals surface area contributed by atoms with E-state index in [4.69, 9.17) is 0 Å². The third-order valence-corrected chi connectivity index (χ3v) is 3.62. The largest absolute Gasteiger partial charge is 1.00 e. The fraction of sp³-hybridized carbons (Fsp3) is 0. The number of hydrogen-bond acceptors (Lipinski definition) is 9. The molecule has 0 bridgehead atoms. The Morgan fingerprint density at radius 3 is 1.84 bits per heavy atom. The van der Waals surface area contributed by atoms with Gasteiger partial charge in [-0.15, -0.1) is 5.11 Å². The van der Waals surface area contributed by atoms with Gasteiger partial charge in [0.2, 0.25) is 0 Å². The van der Waals surface area contributed by atoms with Gasteiger partial charge < -0.3 is 4.55 Å². The molecule has 25 heavy (non-hydrogen) atoms. The van der Waals surface area contributed by atoms with Gasteiger partial charge in [0.05, 0.1) is 20.4 Å². The molecule has 0 aromatic heterocycles. The van der Waals surface area contributed by atoms with Crippen LogP contribution in [0.3, 0.4) is 0 Å². The maximum Gasteiger partial charge on any atom is 1.00 e. The molecule has 0 unspecified atom stereocenters. The smallest absolute Gasteiger partial charge is 0.744 e. The Balaban J connectivity index is 0.00000312. The summed E-state index contributed by atoms with van der Waals surface area (Å²) in [4.78, 5) is 18.8. The first-order valence-corrected chi connectivity index (χ1v) is 7.50. The Bertz CT molecular complexity index is 944. The van der Waals surface area contributed by atoms with Gasteiger partial charge in [-0.1, -0.05) is 0 Å². The van der Waals surface area contributed by atoms with Crippen LogP contribution in [0.4, 0.5) is 22.7 Å². The zero-order valence-corrected chi connectivity index (χ0v) is 15.4.